The maximum Gasteiger partial charge on any atom is 0.322 e. The number of carboxylic acid groups (broad SMARTS) is 1. The highest BCUT2D eigenvalue weighted by Crippen LogP contribution is 2.25. The lowest BCUT2D eigenvalue weighted by Gasteiger charge is -2.11. The second-order valence-electron chi connectivity index (χ2n) is 5.98. The van der Waals surface area contributed by atoms with Crippen molar-refractivity contribution >= 4 is 23.5 Å². The number of hydrogen-bond acceptors (Lipinski definition) is 6. The molecule has 28 heavy (non-hydrogen) atoms. The maximum absolute atomic E-state index is 11.9. The molecule has 1 unspecified atom stereocenters. The van der Waals surface area contributed by atoms with Gasteiger partial charge in [-0.2, -0.15) is 0 Å². The number of nitrogens with one attached hydrogen (secondary N) is 1. The first-order valence-corrected chi connectivity index (χ1v) is 8.59. The van der Waals surface area contributed by atoms with Gasteiger partial charge in [0.1, 0.15) is 18.0 Å². The number of aliphatic carboxylic acids is 1. The number of aromatic hydroxyl groups is 1. The second kappa shape index (κ2) is 8.05. The van der Waals surface area contributed by atoms with E-state index in [1.807, 2.05) is 19.1 Å². The number of nitrogens with zero attached hydrogens (tertiary/aromatic N) is 4. The van der Waals surface area contributed by atoms with E-state index in [0.717, 1.165) is 5.56 Å². The van der Waals surface area contributed by atoms with Gasteiger partial charge in [-0.25, -0.2) is 9.67 Å². The van der Waals surface area contributed by atoms with Crippen LogP contribution in [0.15, 0.2) is 42.7 Å². The number of amides is 1. The van der Waals surface area contributed by atoms with Gasteiger partial charge in [0.15, 0.2) is 5.69 Å². The highest BCUT2D eigenvalue weighted by atomic mass is 35.5. The molecule has 10 heteroatoms. The zero-order valence-corrected chi connectivity index (χ0v) is 15.5. The van der Waals surface area contributed by atoms with Crippen molar-refractivity contribution in [1.29, 1.82) is 0 Å². The van der Waals surface area contributed by atoms with E-state index < -0.39 is 18.4 Å². The summed E-state index contributed by atoms with van der Waals surface area (Å²) in [6.45, 7) is 1.38. The molecule has 3 N–H and O–H groups in total. The van der Waals surface area contributed by atoms with E-state index >= 15 is 0 Å². The number of carbonyl (C=O) groups excluding carboxylic acids is 1. The van der Waals surface area contributed by atoms with Gasteiger partial charge in [0, 0.05) is 16.8 Å². The van der Waals surface area contributed by atoms with Gasteiger partial charge >= 0.3 is 5.97 Å². The first kappa shape index (κ1) is 19.3. The van der Waals surface area contributed by atoms with Crippen LogP contribution < -0.4 is 5.32 Å². The van der Waals surface area contributed by atoms with Crippen LogP contribution in [0.5, 0.6) is 5.75 Å². The molecule has 0 fully saturated rings. The van der Waals surface area contributed by atoms with Crippen molar-refractivity contribution in [2.45, 2.75) is 13.0 Å². The highest BCUT2D eigenvalue weighted by Gasteiger charge is 2.17. The number of carboxylic acids is 1. The van der Waals surface area contributed by atoms with Crippen LogP contribution in [-0.2, 0) is 4.79 Å². The fraction of sp³-hybridized carbons (Fsp3) is 0.167. The molecule has 2 aromatic heterocycles. The summed E-state index contributed by atoms with van der Waals surface area (Å²) in [4.78, 5) is 26.3. The molecule has 0 spiro atoms. The van der Waals surface area contributed by atoms with Gasteiger partial charge in [-0.15, -0.1) is 5.10 Å². The Morgan fingerprint density at radius 2 is 2.00 bits per heavy atom. The minimum atomic E-state index is -1.20. The zero-order chi connectivity index (χ0) is 20.3. The Balaban J connectivity index is 1.79. The van der Waals surface area contributed by atoms with Gasteiger partial charge in [0.2, 0.25) is 0 Å². The third-order valence-corrected chi connectivity index (χ3v) is 4.29. The maximum atomic E-state index is 11.9. The number of pyridine rings is 1. The quantitative estimate of drug-likeness (QED) is 0.576. The third-order valence-electron chi connectivity index (χ3n) is 4.04. The average molecular weight is 402 g/mol. The smallest absolute Gasteiger partial charge is 0.322 e. The Morgan fingerprint density at radius 1 is 1.29 bits per heavy atom. The molecule has 144 valence electrons. The molecular weight excluding hydrogens is 386 g/mol. The summed E-state index contributed by atoms with van der Waals surface area (Å²) >= 11 is 5.91. The van der Waals surface area contributed by atoms with Gasteiger partial charge < -0.3 is 15.5 Å². The standard InChI is InChI=1S/C18H16ClN5O4/c1-10(11-2-4-13(19)5-3-11)24-9-14(22-23-24)12-6-15(25)17(20-7-12)18(28)21-8-16(26)27/h2-7,9-10,25H,8H2,1H3,(H,21,28)(H,26,27). The molecule has 0 saturated heterocycles. The van der Waals surface area contributed by atoms with Crippen molar-refractivity contribution in [3.8, 4) is 17.0 Å². The number of halogens is 1. The van der Waals surface area contributed by atoms with Gasteiger partial charge in [0.05, 0.1) is 12.2 Å². The predicted octanol–water partition coefficient (Wildman–Crippen LogP) is 2.12. The molecule has 0 bridgehead atoms. The number of rotatable bonds is 6. The SMILES string of the molecule is CC(c1ccc(Cl)cc1)n1cc(-c2cnc(C(=O)NCC(=O)O)c(O)c2)nn1. The van der Waals surface area contributed by atoms with E-state index in [1.54, 1.807) is 23.0 Å². The summed E-state index contributed by atoms with van der Waals surface area (Å²) in [5, 5.41) is 29.6. The fourth-order valence-electron chi connectivity index (χ4n) is 2.50. The summed E-state index contributed by atoms with van der Waals surface area (Å²) in [5.74, 6) is -2.37. The van der Waals surface area contributed by atoms with E-state index in [2.05, 4.69) is 20.6 Å². The van der Waals surface area contributed by atoms with Crippen LogP contribution in [0.3, 0.4) is 0 Å². The number of benzene rings is 1. The van der Waals surface area contributed by atoms with Crippen LogP contribution in [0.25, 0.3) is 11.3 Å². The number of carbonyl (C=O) groups is 2. The molecule has 0 aliphatic heterocycles. The Bertz CT molecular complexity index is 1020. The van der Waals surface area contributed by atoms with Crippen molar-refractivity contribution < 1.29 is 19.8 Å². The van der Waals surface area contributed by atoms with Crippen molar-refractivity contribution in [1.82, 2.24) is 25.3 Å². The van der Waals surface area contributed by atoms with Gasteiger partial charge in [-0.3, -0.25) is 9.59 Å². The van der Waals surface area contributed by atoms with Crippen LogP contribution in [0.4, 0.5) is 0 Å². The summed E-state index contributed by atoms with van der Waals surface area (Å²) in [6.07, 6.45) is 3.05. The van der Waals surface area contributed by atoms with Crippen LogP contribution in [-0.4, -0.2) is 48.6 Å². The Hall–Kier alpha value is -3.46. The first-order valence-electron chi connectivity index (χ1n) is 8.22. The molecule has 0 aliphatic rings. The van der Waals surface area contributed by atoms with E-state index in [-0.39, 0.29) is 17.5 Å². The first-order chi connectivity index (χ1) is 13.3. The van der Waals surface area contributed by atoms with Crippen LogP contribution in [0, 0.1) is 0 Å². The van der Waals surface area contributed by atoms with E-state index in [9.17, 15) is 14.7 Å². The Kier molecular flexibility index (Phi) is 5.55. The predicted molar refractivity (Wildman–Crippen MR) is 100 cm³/mol. The molecule has 3 rings (SSSR count). The lowest BCUT2D eigenvalue weighted by Crippen LogP contribution is -2.29. The number of aromatic nitrogens is 4. The van der Waals surface area contributed by atoms with E-state index in [0.29, 0.717) is 16.3 Å². The summed E-state index contributed by atoms with van der Waals surface area (Å²) in [7, 11) is 0. The largest absolute Gasteiger partial charge is 0.505 e. The summed E-state index contributed by atoms with van der Waals surface area (Å²) in [5.41, 5.74) is 1.64. The normalized spacial score (nSPS) is 11.8. The minimum absolute atomic E-state index is 0.0962. The molecule has 1 amide bonds. The molecule has 1 aromatic carbocycles. The van der Waals surface area contributed by atoms with E-state index in [1.165, 1.54) is 12.3 Å². The van der Waals surface area contributed by atoms with Crippen molar-refractivity contribution in [3.63, 3.8) is 0 Å². The second-order valence-corrected chi connectivity index (χ2v) is 6.42. The highest BCUT2D eigenvalue weighted by molar-refractivity contribution is 6.30. The molecule has 9 nitrogen and oxygen atoms in total. The Labute approximate surface area is 164 Å². The topological polar surface area (TPSA) is 130 Å². The zero-order valence-electron chi connectivity index (χ0n) is 14.7. The van der Waals surface area contributed by atoms with Gasteiger partial charge in [-0.1, -0.05) is 28.9 Å². The molecule has 0 aliphatic carbocycles. The van der Waals surface area contributed by atoms with Crippen molar-refractivity contribution in [2.75, 3.05) is 6.54 Å². The van der Waals surface area contributed by atoms with Crippen LogP contribution in [0.1, 0.15) is 29.0 Å². The number of hydrogen-bond donors (Lipinski definition) is 3. The van der Waals surface area contributed by atoms with Crippen LogP contribution >= 0.6 is 11.6 Å². The monoisotopic (exact) mass is 401 g/mol. The molecular formula is C18H16ClN5O4. The molecule has 3 aromatic rings. The fourth-order valence-corrected chi connectivity index (χ4v) is 2.63. The summed E-state index contributed by atoms with van der Waals surface area (Å²) < 4.78 is 1.66. The van der Waals surface area contributed by atoms with Crippen molar-refractivity contribution in [2.24, 2.45) is 0 Å². The lowest BCUT2D eigenvalue weighted by atomic mass is 10.1. The summed E-state index contributed by atoms with van der Waals surface area (Å²) in [6, 6.07) is 8.60. The van der Waals surface area contributed by atoms with Crippen molar-refractivity contribution in [3.05, 3.63) is 59.0 Å². The average Bonchev–Trinajstić information content (AvgIpc) is 3.16. The Morgan fingerprint density at radius 3 is 2.64 bits per heavy atom. The van der Waals surface area contributed by atoms with Crippen LogP contribution in [0.2, 0.25) is 5.02 Å². The molecule has 1 atom stereocenters. The minimum Gasteiger partial charge on any atom is -0.505 e. The van der Waals surface area contributed by atoms with Gasteiger partial charge in [0.25, 0.3) is 5.91 Å². The van der Waals surface area contributed by atoms with Gasteiger partial charge in [-0.05, 0) is 30.7 Å². The van der Waals surface area contributed by atoms with E-state index in [4.69, 9.17) is 16.7 Å². The lowest BCUT2D eigenvalue weighted by molar-refractivity contribution is -0.135. The molecule has 2 heterocycles. The molecule has 0 saturated carbocycles. The molecule has 0 radical (unpaired) electrons. The third kappa shape index (κ3) is 4.26.